The van der Waals surface area contributed by atoms with Gasteiger partial charge in [-0.15, -0.1) is 0 Å². The van der Waals surface area contributed by atoms with Crippen LogP contribution in [0.15, 0.2) is 35.5 Å². The molecule has 0 amide bonds. The number of fused-ring (bicyclic) bond motifs is 1. The van der Waals surface area contributed by atoms with Gasteiger partial charge in [-0.2, -0.15) is 0 Å². The normalized spacial score (nSPS) is 16.1. The molecule has 1 aromatic carbocycles. The minimum Gasteiger partial charge on any atom is -0.337 e. The fourth-order valence-electron chi connectivity index (χ4n) is 2.57. The SMILES string of the molecule is CSc1nc2c([nH]1)CCN(Cc1ccccc1)CC2. The molecule has 3 rings (SSSR count). The molecule has 0 aliphatic carbocycles. The molecule has 0 atom stereocenters. The van der Waals surface area contributed by atoms with Crippen LogP contribution in [-0.2, 0) is 19.4 Å². The number of thioether (sulfide) groups is 1. The molecule has 19 heavy (non-hydrogen) atoms. The summed E-state index contributed by atoms with van der Waals surface area (Å²) in [5.41, 5.74) is 3.99. The maximum absolute atomic E-state index is 4.65. The molecule has 0 radical (unpaired) electrons. The third-order valence-corrected chi connectivity index (χ3v) is 4.21. The van der Waals surface area contributed by atoms with Gasteiger partial charge in [-0.1, -0.05) is 42.1 Å². The van der Waals surface area contributed by atoms with Crippen molar-refractivity contribution in [3.8, 4) is 0 Å². The molecule has 0 saturated heterocycles. The van der Waals surface area contributed by atoms with Crippen molar-refractivity contribution in [2.45, 2.75) is 24.5 Å². The number of hydrogen-bond donors (Lipinski definition) is 1. The molecular formula is C15H19N3S. The first-order chi connectivity index (χ1) is 9.35. The van der Waals surface area contributed by atoms with E-state index >= 15 is 0 Å². The summed E-state index contributed by atoms with van der Waals surface area (Å²) >= 11 is 1.69. The number of nitrogens with one attached hydrogen (secondary N) is 1. The minimum atomic E-state index is 1.04. The van der Waals surface area contributed by atoms with E-state index in [0.717, 1.165) is 37.6 Å². The molecule has 0 bridgehead atoms. The lowest BCUT2D eigenvalue weighted by atomic mass is 10.2. The second kappa shape index (κ2) is 5.80. The van der Waals surface area contributed by atoms with Crippen LogP contribution >= 0.6 is 11.8 Å². The second-order valence-electron chi connectivity index (χ2n) is 4.93. The number of rotatable bonds is 3. The molecule has 3 nitrogen and oxygen atoms in total. The molecule has 1 aliphatic rings. The van der Waals surface area contributed by atoms with E-state index in [0.29, 0.717) is 0 Å². The van der Waals surface area contributed by atoms with Crippen molar-refractivity contribution < 1.29 is 0 Å². The van der Waals surface area contributed by atoms with Crippen molar-refractivity contribution in [3.63, 3.8) is 0 Å². The Kier molecular flexibility index (Phi) is 3.89. The lowest BCUT2D eigenvalue weighted by Crippen LogP contribution is -2.26. The van der Waals surface area contributed by atoms with E-state index in [2.05, 4.69) is 51.5 Å². The first-order valence-electron chi connectivity index (χ1n) is 6.73. The van der Waals surface area contributed by atoms with E-state index in [-0.39, 0.29) is 0 Å². The summed E-state index contributed by atoms with van der Waals surface area (Å²) in [7, 11) is 0. The summed E-state index contributed by atoms with van der Waals surface area (Å²) in [5.74, 6) is 0. The van der Waals surface area contributed by atoms with Crippen LogP contribution in [0.1, 0.15) is 17.0 Å². The summed E-state index contributed by atoms with van der Waals surface area (Å²) in [6, 6.07) is 10.7. The highest BCUT2D eigenvalue weighted by Gasteiger charge is 2.17. The smallest absolute Gasteiger partial charge is 0.165 e. The number of aromatic amines is 1. The Hall–Kier alpha value is -1.26. The Balaban J connectivity index is 1.65. The van der Waals surface area contributed by atoms with Gasteiger partial charge in [0.25, 0.3) is 0 Å². The van der Waals surface area contributed by atoms with Crippen molar-refractivity contribution in [3.05, 3.63) is 47.3 Å². The highest BCUT2D eigenvalue weighted by atomic mass is 32.2. The first-order valence-corrected chi connectivity index (χ1v) is 7.95. The number of benzene rings is 1. The largest absolute Gasteiger partial charge is 0.337 e. The van der Waals surface area contributed by atoms with Crippen molar-refractivity contribution >= 4 is 11.8 Å². The Morgan fingerprint density at radius 1 is 1.21 bits per heavy atom. The monoisotopic (exact) mass is 273 g/mol. The number of aromatic nitrogens is 2. The van der Waals surface area contributed by atoms with E-state index < -0.39 is 0 Å². The van der Waals surface area contributed by atoms with E-state index in [1.54, 1.807) is 11.8 Å². The third-order valence-electron chi connectivity index (χ3n) is 3.63. The zero-order valence-corrected chi connectivity index (χ0v) is 12.0. The highest BCUT2D eigenvalue weighted by Crippen LogP contribution is 2.19. The van der Waals surface area contributed by atoms with Gasteiger partial charge in [0.05, 0.1) is 5.69 Å². The summed E-state index contributed by atoms with van der Waals surface area (Å²) in [4.78, 5) is 10.6. The molecule has 4 heteroatoms. The first kappa shape index (κ1) is 12.8. The summed E-state index contributed by atoms with van der Waals surface area (Å²) < 4.78 is 0. The Labute approximate surface area is 118 Å². The zero-order chi connectivity index (χ0) is 13.1. The minimum absolute atomic E-state index is 1.04. The fraction of sp³-hybridized carbons (Fsp3) is 0.400. The molecule has 1 aromatic heterocycles. The number of imidazole rings is 1. The van der Waals surface area contributed by atoms with Gasteiger partial charge in [-0.25, -0.2) is 4.98 Å². The second-order valence-corrected chi connectivity index (χ2v) is 5.73. The van der Waals surface area contributed by atoms with Crippen LogP contribution in [0.25, 0.3) is 0 Å². The van der Waals surface area contributed by atoms with Crippen molar-refractivity contribution in [2.24, 2.45) is 0 Å². The fourth-order valence-corrected chi connectivity index (χ4v) is 3.00. The van der Waals surface area contributed by atoms with Crippen LogP contribution in [0.2, 0.25) is 0 Å². The lowest BCUT2D eigenvalue weighted by Gasteiger charge is -2.19. The van der Waals surface area contributed by atoms with Crippen molar-refractivity contribution in [1.29, 1.82) is 0 Å². The van der Waals surface area contributed by atoms with Gasteiger partial charge in [0.15, 0.2) is 5.16 Å². The van der Waals surface area contributed by atoms with Gasteiger partial charge in [-0.05, 0) is 11.8 Å². The topological polar surface area (TPSA) is 31.9 Å². The quantitative estimate of drug-likeness (QED) is 0.873. The molecule has 0 fully saturated rings. The van der Waals surface area contributed by atoms with Crippen LogP contribution in [0.3, 0.4) is 0 Å². The molecule has 1 aliphatic heterocycles. The van der Waals surface area contributed by atoms with Gasteiger partial charge in [-0.3, -0.25) is 4.90 Å². The Morgan fingerprint density at radius 2 is 2.00 bits per heavy atom. The van der Waals surface area contributed by atoms with Crippen molar-refractivity contribution in [2.75, 3.05) is 19.3 Å². The van der Waals surface area contributed by atoms with Gasteiger partial charge in [0.1, 0.15) is 0 Å². The van der Waals surface area contributed by atoms with Crippen molar-refractivity contribution in [1.82, 2.24) is 14.9 Å². The van der Waals surface area contributed by atoms with Gasteiger partial charge < -0.3 is 4.98 Å². The van der Waals surface area contributed by atoms with Crippen LogP contribution in [0.5, 0.6) is 0 Å². The highest BCUT2D eigenvalue weighted by molar-refractivity contribution is 7.98. The number of hydrogen-bond acceptors (Lipinski definition) is 3. The molecule has 1 N–H and O–H groups in total. The average Bonchev–Trinajstić information content (AvgIpc) is 2.77. The lowest BCUT2D eigenvalue weighted by molar-refractivity contribution is 0.278. The summed E-state index contributed by atoms with van der Waals surface area (Å²) in [5, 5.41) is 1.06. The zero-order valence-electron chi connectivity index (χ0n) is 11.2. The molecule has 0 unspecified atom stereocenters. The maximum atomic E-state index is 4.65. The third kappa shape index (κ3) is 3.01. The Morgan fingerprint density at radius 3 is 2.79 bits per heavy atom. The molecular weight excluding hydrogens is 254 g/mol. The molecule has 0 saturated carbocycles. The van der Waals surface area contributed by atoms with Gasteiger partial charge >= 0.3 is 0 Å². The summed E-state index contributed by atoms with van der Waals surface area (Å²) in [6.07, 6.45) is 4.20. The molecule has 2 heterocycles. The van der Waals surface area contributed by atoms with Crippen LogP contribution in [-0.4, -0.2) is 34.2 Å². The average molecular weight is 273 g/mol. The van der Waals surface area contributed by atoms with E-state index in [1.165, 1.54) is 17.0 Å². The van der Waals surface area contributed by atoms with Gasteiger partial charge in [0, 0.05) is 38.2 Å². The number of H-pyrrole nitrogens is 1. The van der Waals surface area contributed by atoms with E-state index in [9.17, 15) is 0 Å². The molecule has 100 valence electrons. The Bertz CT molecular complexity index is 510. The predicted molar refractivity (Wildman–Crippen MR) is 79.5 cm³/mol. The summed E-state index contributed by atoms with van der Waals surface area (Å²) in [6.45, 7) is 3.25. The van der Waals surface area contributed by atoms with E-state index in [4.69, 9.17) is 0 Å². The van der Waals surface area contributed by atoms with Gasteiger partial charge in [0.2, 0.25) is 0 Å². The molecule has 0 spiro atoms. The van der Waals surface area contributed by atoms with Crippen LogP contribution in [0, 0.1) is 0 Å². The number of nitrogens with zero attached hydrogens (tertiary/aromatic N) is 2. The maximum Gasteiger partial charge on any atom is 0.165 e. The van der Waals surface area contributed by atoms with Crippen LogP contribution < -0.4 is 0 Å². The standard InChI is InChI=1S/C15H19N3S/c1-19-15-16-13-7-9-18(10-8-14(13)17-15)11-12-5-3-2-4-6-12/h2-6H,7-11H2,1H3,(H,16,17). The molecule has 2 aromatic rings. The van der Waals surface area contributed by atoms with E-state index in [1.807, 2.05) is 0 Å². The predicted octanol–water partition coefficient (Wildman–Crippen LogP) is 2.73. The van der Waals surface area contributed by atoms with Crippen LogP contribution in [0.4, 0.5) is 0 Å².